The summed E-state index contributed by atoms with van der Waals surface area (Å²) in [5.41, 5.74) is 1.03. The lowest BCUT2D eigenvalue weighted by atomic mass is 10.0. The van der Waals surface area contributed by atoms with Crippen LogP contribution in [0, 0.1) is 5.92 Å². The predicted molar refractivity (Wildman–Crippen MR) is 106 cm³/mol. The van der Waals surface area contributed by atoms with E-state index in [4.69, 9.17) is 4.74 Å². The number of hydrogen-bond donors (Lipinski definition) is 2. The molecule has 3 heterocycles. The number of imidazole rings is 1. The van der Waals surface area contributed by atoms with Gasteiger partial charge in [-0.3, -0.25) is 0 Å². The third-order valence-electron chi connectivity index (χ3n) is 5.54. The first-order valence-electron chi connectivity index (χ1n) is 9.61. The van der Waals surface area contributed by atoms with Gasteiger partial charge in [0.1, 0.15) is 11.4 Å². The lowest BCUT2D eigenvalue weighted by molar-refractivity contribution is -0.0805. The van der Waals surface area contributed by atoms with Crippen LogP contribution in [0.15, 0.2) is 24.3 Å². The third kappa shape index (κ3) is 3.73. The maximum absolute atomic E-state index is 13.0. The molecular formula is C19H26N4O4S. The summed E-state index contributed by atoms with van der Waals surface area (Å²) in [5, 5.41) is 3.08. The smallest absolute Gasteiger partial charge is 0.318 e. The largest absolute Gasteiger partial charge is 0.370 e. The molecule has 1 aromatic carbocycles. The van der Waals surface area contributed by atoms with Gasteiger partial charge >= 0.3 is 6.03 Å². The summed E-state index contributed by atoms with van der Waals surface area (Å²) in [7, 11) is -3.10. The van der Waals surface area contributed by atoms with E-state index < -0.39 is 15.4 Å². The molecule has 0 radical (unpaired) electrons. The second kappa shape index (κ2) is 7.04. The first kappa shape index (κ1) is 19.2. The zero-order valence-electron chi connectivity index (χ0n) is 16.1. The molecule has 152 valence electrons. The van der Waals surface area contributed by atoms with E-state index in [1.165, 1.54) is 0 Å². The molecule has 2 fully saturated rings. The normalized spacial score (nSPS) is 25.5. The Morgan fingerprint density at radius 3 is 2.82 bits per heavy atom. The first-order valence-corrected chi connectivity index (χ1v) is 11.4. The van der Waals surface area contributed by atoms with Crippen molar-refractivity contribution in [3.8, 4) is 0 Å². The van der Waals surface area contributed by atoms with Crippen molar-refractivity contribution < 1.29 is 17.9 Å². The van der Waals surface area contributed by atoms with Crippen LogP contribution in [0.5, 0.6) is 0 Å². The van der Waals surface area contributed by atoms with Gasteiger partial charge in [0.25, 0.3) is 0 Å². The number of aromatic amines is 1. The fraction of sp³-hybridized carbons (Fsp3) is 0.579. The maximum atomic E-state index is 13.0. The van der Waals surface area contributed by atoms with Gasteiger partial charge in [-0.25, -0.2) is 18.2 Å². The van der Waals surface area contributed by atoms with Crippen molar-refractivity contribution in [3.63, 3.8) is 0 Å². The van der Waals surface area contributed by atoms with E-state index in [9.17, 15) is 13.2 Å². The van der Waals surface area contributed by atoms with E-state index in [1.807, 2.05) is 38.1 Å². The van der Waals surface area contributed by atoms with Crippen molar-refractivity contribution in [3.05, 3.63) is 30.1 Å². The zero-order chi connectivity index (χ0) is 19.9. The Morgan fingerprint density at radius 1 is 1.36 bits per heavy atom. The minimum Gasteiger partial charge on any atom is -0.370 e. The average molecular weight is 407 g/mol. The van der Waals surface area contributed by atoms with Crippen LogP contribution in [0.3, 0.4) is 0 Å². The number of nitrogens with zero attached hydrogens (tertiary/aromatic N) is 2. The van der Waals surface area contributed by atoms with Crippen LogP contribution in [-0.2, 0) is 14.6 Å². The lowest BCUT2D eigenvalue weighted by Crippen LogP contribution is -2.57. The van der Waals surface area contributed by atoms with Crippen LogP contribution in [0.25, 0.3) is 11.0 Å². The molecule has 0 saturated carbocycles. The van der Waals surface area contributed by atoms with Crippen LogP contribution < -0.4 is 5.32 Å². The van der Waals surface area contributed by atoms with Crippen LogP contribution >= 0.6 is 0 Å². The van der Waals surface area contributed by atoms with Crippen molar-refractivity contribution in [2.24, 2.45) is 5.92 Å². The van der Waals surface area contributed by atoms with Crippen LogP contribution in [0.4, 0.5) is 4.79 Å². The minimum absolute atomic E-state index is 0.0129. The molecule has 1 aromatic heterocycles. The number of nitrogens with one attached hydrogen (secondary N) is 2. The Bertz CT molecular complexity index is 954. The molecule has 9 heteroatoms. The molecule has 1 spiro atoms. The Labute approximate surface area is 164 Å². The van der Waals surface area contributed by atoms with Gasteiger partial charge in [-0.1, -0.05) is 26.0 Å². The standard InChI is InChI=1S/C19H26N4O4S/c1-13(2)16(17-20-14-5-3-4-6-15(14)21-17)22-18(24)23-8-9-27-19(11-23)7-10-28(25,26)12-19/h3-6,13,16H,7-12H2,1-2H3,(H,20,21)(H,22,24). The second-order valence-corrected chi connectivity index (χ2v) is 10.3. The van der Waals surface area contributed by atoms with Gasteiger partial charge in [0.05, 0.1) is 41.7 Å². The van der Waals surface area contributed by atoms with Crippen molar-refractivity contribution in [2.75, 3.05) is 31.2 Å². The molecule has 2 aromatic rings. The molecule has 4 rings (SSSR count). The molecule has 2 aliphatic heterocycles. The number of urea groups is 1. The van der Waals surface area contributed by atoms with Gasteiger partial charge in [-0.15, -0.1) is 0 Å². The molecule has 2 atom stereocenters. The van der Waals surface area contributed by atoms with Crippen molar-refractivity contribution in [1.29, 1.82) is 0 Å². The Kier molecular flexibility index (Phi) is 4.83. The topological polar surface area (TPSA) is 104 Å². The van der Waals surface area contributed by atoms with Gasteiger partial charge in [-0.05, 0) is 24.5 Å². The second-order valence-electron chi connectivity index (χ2n) is 8.11. The van der Waals surface area contributed by atoms with Crippen LogP contribution in [-0.4, -0.2) is 66.1 Å². The van der Waals surface area contributed by atoms with Gasteiger partial charge in [0.2, 0.25) is 0 Å². The van der Waals surface area contributed by atoms with Gasteiger partial charge < -0.3 is 19.9 Å². The highest BCUT2D eigenvalue weighted by atomic mass is 32.2. The molecule has 2 saturated heterocycles. The van der Waals surface area contributed by atoms with E-state index in [0.29, 0.717) is 26.1 Å². The molecule has 2 amide bonds. The van der Waals surface area contributed by atoms with Gasteiger partial charge in [0, 0.05) is 6.54 Å². The van der Waals surface area contributed by atoms with Crippen LogP contribution in [0.1, 0.15) is 32.1 Å². The fourth-order valence-corrected chi connectivity index (χ4v) is 5.99. The first-order chi connectivity index (χ1) is 13.3. The summed E-state index contributed by atoms with van der Waals surface area (Å²) in [6, 6.07) is 7.27. The quantitative estimate of drug-likeness (QED) is 0.810. The Morgan fingerprint density at radius 2 is 2.14 bits per heavy atom. The summed E-state index contributed by atoms with van der Waals surface area (Å²) >= 11 is 0. The van der Waals surface area contributed by atoms with E-state index >= 15 is 0 Å². The zero-order valence-corrected chi connectivity index (χ0v) is 17.0. The van der Waals surface area contributed by atoms with Gasteiger partial charge in [0.15, 0.2) is 9.84 Å². The van der Waals surface area contributed by atoms with E-state index in [2.05, 4.69) is 15.3 Å². The third-order valence-corrected chi connectivity index (χ3v) is 7.33. The number of morpholine rings is 1. The number of amides is 2. The number of carbonyl (C=O) groups excluding carboxylic acids is 1. The minimum atomic E-state index is -3.10. The number of benzene rings is 1. The molecule has 2 unspecified atom stereocenters. The molecule has 0 aliphatic carbocycles. The molecule has 0 bridgehead atoms. The predicted octanol–water partition coefficient (Wildman–Crippen LogP) is 1.86. The average Bonchev–Trinajstić information content (AvgIpc) is 3.19. The highest BCUT2D eigenvalue weighted by Crippen LogP contribution is 2.31. The summed E-state index contributed by atoms with van der Waals surface area (Å²) in [6.45, 7) is 5.15. The lowest BCUT2D eigenvalue weighted by Gasteiger charge is -2.40. The molecule has 28 heavy (non-hydrogen) atoms. The SMILES string of the molecule is CC(C)C(NC(=O)N1CCOC2(CCS(=O)(=O)C2)C1)c1nc2ccccc2[nH]1. The number of ether oxygens (including phenoxy) is 1. The fourth-order valence-electron chi connectivity index (χ4n) is 4.04. The highest BCUT2D eigenvalue weighted by Gasteiger charge is 2.47. The van der Waals surface area contributed by atoms with E-state index in [-0.39, 0.29) is 29.5 Å². The summed E-state index contributed by atoms with van der Waals surface area (Å²) in [5.74, 6) is 0.958. The summed E-state index contributed by atoms with van der Waals surface area (Å²) < 4.78 is 29.6. The molecule has 2 N–H and O–H groups in total. The number of carbonyl (C=O) groups is 1. The Hall–Kier alpha value is -2.13. The van der Waals surface area contributed by atoms with Crippen molar-refractivity contribution in [1.82, 2.24) is 20.2 Å². The summed E-state index contributed by atoms with van der Waals surface area (Å²) in [4.78, 5) is 22.6. The Balaban J connectivity index is 1.50. The summed E-state index contributed by atoms with van der Waals surface area (Å²) in [6.07, 6.45) is 0.441. The van der Waals surface area contributed by atoms with Gasteiger partial charge in [-0.2, -0.15) is 0 Å². The number of sulfone groups is 1. The number of H-pyrrole nitrogens is 1. The van der Waals surface area contributed by atoms with Crippen molar-refractivity contribution >= 4 is 26.9 Å². The molecule has 8 nitrogen and oxygen atoms in total. The highest BCUT2D eigenvalue weighted by molar-refractivity contribution is 7.91. The number of rotatable bonds is 3. The number of hydrogen-bond acceptors (Lipinski definition) is 5. The van der Waals surface area contributed by atoms with E-state index in [0.717, 1.165) is 16.9 Å². The number of fused-ring (bicyclic) bond motifs is 1. The van der Waals surface area contributed by atoms with Crippen molar-refractivity contribution in [2.45, 2.75) is 31.9 Å². The number of para-hydroxylation sites is 2. The maximum Gasteiger partial charge on any atom is 0.318 e. The number of aromatic nitrogens is 2. The monoisotopic (exact) mass is 406 g/mol. The molecular weight excluding hydrogens is 380 g/mol. The van der Waals surface area contributed by atoms with Crippen LogP contribution in [0.2, 0.25) is 0 Å². The van der Waals surface area contributed by atoms with E-state index in [1.54, 1.807) is 4.90 Å². The molecule has 2 aliphatic rings.